The van der Waals surface area contributed by atoms with E-state index in [9.17, 15) is 14.0 Å². The summed E-state index contributed by atoms with van der Waals surface area (Å²) in [6.45, 7) is 4.19. The molecule has 1 fully saturated rings. The fourth-order valence-electron chi connectivity index (χ4n) is 4.08. The molecule has 1 aliphatic carbocycles. The summed E-state index contributed by atoms with van der Waals surface area (Å²) in [5.74, 6) is -0.293. The molecule has 31 heavy (non-hydrogen) atoms. The predicted octanol–water partition coefficient (Wildman–Crippen LogP) is 5.08. The maximum Gasteiger partial charge on any atom is 0.263 e. The number of hydrogen-bond acceptors (Lipinski definition) is 5. The fraction of sp³-hybridized carbons (Fsp3) is 0.435. The number of halogens is 1. The van der Waals surface area contributed by atoms with Crippen molar-refractivity contribution in [3.05, 3.63) is 56.4 Å². The van der Waals surface area contributed by atoms with Gasteiger partial charge in [-0.2, -0.15) is 0 Å². The number of benzene rings is 1. The van der Waals surface area contributed by atoms with Gasteiger partial charge in [0.2, 0.25) is 5.91 Å². The van der Waals surface area contributed by atoms with E-state index >= 15 is 0 Å². The van der Waals surface area contributed by atoms with Crippen molar-refractivity contribution in [2.45, 2.75) is 57.3 Å². The summed E-state index contributed by atoms with van der Waals surface area (Å²) in [5, 5.41) is 1.32. The van der Waals surface area contributed by atoms with Crippen molar-refractivity contribution in [2.24, 2.45) is 0 Å². The van der Waals surface area contributed by atoms with Crippen LogP contribution in [0.3, 0.4) is 0 Å². The maximum atomic E-state index is 13.9. The van der Waals surface area contributed by atoms with Gasteiger partial charge < -0.3 is 4.90 Å². The SMILES string of the molecule is Cc1sc2nc(SCC(=O)N(C)Cc3ccccc3F)n(C3CCCC3)c(=O)c2c1C. The number of carbonyl (C=O) groups excluding carboxylic acids is 1. The van der Waals surface area contributed by atoms with E-state index < -0.39 is 0 Å². The van der Waals surface area contributed by atoms with Crippen LogP contribution in [0.1, 0.15) is 47.7 Å². The van der Waals surface area contributed by atoms with E-state index in [0.29, 0.717) is 16.1 Å². The number of aromatic nitrogens is 2. The van der Waals surface area contributed by atoms with Gasteiger partial charge in [-0.25, -0.2) is 9.37 Å². The highest BCUT2D eigenvalue weighted by Gasteiger charge is 2.25. The monoisotopic (exact) mass is 459 g/mol. The van der Waals surface area contributed by atoms with E-state index in [1.165, 1.54) is 34.1 Å². The van der Waals surface area contributed by atoms with E-state index in [1.54, 1.807) is 25.2 Å². The minimum absolute atomic E-state index is 0.00779. The normalized spacial score (nSPS) is 14.5. The lowest BCUT2D eigenvalue weighted by atomic mass is 10.2. The number of aryl methyl sites for hydroxylation is 2. The highest BCUT2D eigenvalue weighted by Crippen LogP contribution is 2.34. The third kappa shape index (κ3) is 4.41. The molecule has 164 valence electrons. The molecule has 2 heterocycles. The molecule has 4 rings (SSSR count). The molecule has 1 aromatic carbocycles. The lowest BCUT2D eigenvalue weighted by Crippen LogP contribution is -2.30. The number of thiophene rings is 1. The zero-order chi connectivity index (χ0) is 22.1. The Labute approximate surface area is 189 Å². The zero-order valence-electron chi connectivity index (χ0n) is 18.0. The Balaban J connectivity index is 1.58. The summed E-state index contributed by atoms with van der Waals surface area (Å²) < 4.78 is 15.7. The number of nitrogens with zero attached hydrogens (tertiary/aromatic N) is 3. The van der Waals surface area contributed by atoms with Crippen molar-refractivity contribution in [2.75, 3.05) is 12.8 Å². The van der Waals surface area contributed by atoms with Gasteiger partial charge in [0.15, 0.2) is 5.16 Å². The lowest BCUT2D eigenvalue weighted by molar-refractivity contribution is -0.127. The Morgan fingerprint density at radius 2 is 2.00 bits per heavy atom. The highest BCUT2D eigenvalue weighted by atomic mass is 32.2. The largest absolute Gasteiger partial charge is 0.341 e. The average molecular weight is 460 g/mol. The number of hydrogen-bond donors (Lipinski definition) is 0. The molecule has 1 amide bonds. The van der Waals surface area contributed by atoms with Gasteiger partial charge in [0.05, 0.1) is 11.1 Å². The summed E-state index contributed by atoms with van der Waals surface area (Å²) in [4.78, 5) is 34.3. The fourth-order valence-corrected chi connectivity index (χ4v) is 6.16. The Bertz CT molecular complexity index is 1180. The van der Waals surface area contributed by atoms with Crippen LogP contribution in [0, 0.1) is 19.7 Å². The van der Waals surface area contributed by atoms with Crippen LogP contribution in [-0.4, -0.2) is 33.2 Å². The first-order valence-electron chi connectivity index (χ1n) is 10.5. The molecule has 1 aliphatic rings. The van der Waals surface area contributed by atoms with Crippen molar-refractivity contribution < 1.29 is 9.18 Å². The Hall–Kier alpha value is -2.19. The summed E-state index contributed by atoms with van der Waals surface area (Å²) in [7, 11) is 1.67. The van der Waals surface area contributed by atoms with Gasteiger partial charge in [-0.05, 0) is 38.3 Å². The van der Waals surface area contributed by atoms with Crippen molar-refractivity contribution in [3.8, 4) is 0 Å². The molecule has 8 heteroatoms. The minimum Gasteiger partial charge on any atom is -0.341 e. The maximum absolute atomic E-state index is 13.9. The number of amides is 1. The molecule has 3 aromatic rings. The molecule has 0 spiro atoms. The van der Waals surface area contributed by atoms with Gasteiger partial charge in [0.25, 0.3) is 5.56 Å². The van der Waals surface area contributed by atoms with Crippen LogP contribution in [0.4, 0.5) is 4.39 Å². The summed E-state index contributed by atoms with van der Waals surface area (Å²) in [6.07, 6.45) is 4.13. The van der Waals surface area contributed by atoms with Crippen LogP contribution in [0.25, 0.3) is 10.2 Å². The van der Waals surface area contributed by atoms with Crippen LogP contribution in [-0.2, 0) is 11.3 Å². The van der Waals surface area contributed by atoms with Crippen molar-refractivity contribution >= 4 is 39.2 Å². The molecule has 2 aromatic heterocycles. The van der Waals surface area contributed by atoms with E-state index in [0.717, 1.165) is 41.0 Å². The zero-order valence-corrected chi connectivity index (χ0v) is 19.6. The van der Waals surface area contributed by atoms with Gasteiger partial charge >= 0.3 is 0 Å². The molecule has 1 saturated carbocycles. The third-order valence-electron chi connectivity index (χ3n) is 6.01. The molecule has 0 radical (unpaired) electrons. The second kappa shape index (κ2) is 9.12. The van der Waals surface area contributed by atoms with Gasteiger partial charge in [-0.1, -0.05) is 42.8 Å². The molecular formula is C23H26FN3O2S2. The molecule has 0 bridgehead atoms. The van der Waals surface area contributed by atoms with Gasteiger partial charge in [-0.3, -0.25) is 14.2 Å². The van der Waals surface area contributed by atoms with Gasteiger partial charge in [0, 0.05) is 30.1 Å². The molecule has 0 N–H and O–H groups in total. The van der Waals surface area contributed by atoms with Crippen LogP contribution in [0.5, 0.6) is 0 Å². The van der Waals surface area contributed by atoms with Crippen LogP contribution >= 0.6 is 23.1 Å². The number of rotatable bonds is 6. The average Bonchev–Trinajstić information content (AvgIpc) is 3.36. The van der Waals surface area contributed by atoms with E-state index in [2.05, 4.69) is 0 Å². The van der Waals surface area contributed by atoms with E-state index in [-0.39, 0.29) is 35.6 Å². The molecule has 5 nitrogen and oxygen atoms in total. The van der Waals surface area contributed by atoms with Crippen molar-refractivity contribution in [1.82, 2.24) is 14.5 Å². The second-order valence-corrected chi connectivity index (χ2v) is 10.2. The first-order valence-corrected chi connectivity index (χ1v) is 12.3. The number of thioether (sulfide) groups is 1. The summed E-state index contributed by atoms with van der Waals surface area (Å²) >= 11 is 2.83. The standard InChI is InChI=1S/C23H26FN3O2S2/c1-14-15(2)31-21-20(14)22(29)27(17-9-5-6-10-17)23(25-21)30-13-19(28)26(3)12-16-8-4-7-11-18(16)24/h4,7-8,11,17H,5-6,9-10,12-13H2,1-3H3. The van der Waals surface area contributed by atoms with E-state index in [1.807, 2.05) is 18.4 Å². The van der Waals surface area contributed by atoms with Gasteiger partial charge in [0.1, 0.15) is 10.6 Å². The van der Waals surface area contributed by atoms with Crippen LogP contribution in [0.2, 0.25) is 0 Å². The molecule has 0 unspecified atom stereocenters. The molecule has 0 aliphatic heterocycles. The summed E-state index contributed by atoms with van der Waals surface area (Å²) in [6, 6.07) is 6.61. The van der Waals surface area contributed by atoms with Crippen LogP contribution < -0.4 is 5.56 Å². The third-order valence-corrected chi connectivity index (χ3v) is 8.05. The Morgan fingerprint density at radius 3 is 2.71 bits per heavy atom. The van der Waals surface area contributed by atoms with E-state index in [4.69, 9.17) is 4.98 Å². The van der Waals surface area contributed by atoms with Crippen molar-refractivity contribution in [1.29, 1.82) is 0 Å². The van der Waals surface area contributed by atoms with Crippen LogP contribution in [0.15, 0.2) is 34.2 Å². The number of fused-ring (bicyclic) bond motifs is 1. The highest BCUT2D eigenvalue weighted by molar-refractivity contribution is 7.99. The quantitative estimate of drug-likeness (QED) is 0.381. The van der Waals surface area contributed by atoms with Gasteiger partial charge in [-0.15, -0.1) is 11.3 Å². The molecule has 0 saturated heterocycles. The number of carbonyl (C=O) groups is 1. The lowest BCUT2D eigenvalue weighted by Gasteiger charge is -2.20. The molecular weight excluding hydrogens is 433 g/mol. The minimum atomic E-state index is -0.319. The van der Waals surface area contributed by atoms with Crippen molar-refractivity contribution in [3.63, 3.8) is 0 Å². The molecule has 0 atom stereocenters. The summed E-state index contributed by atoms with van der Waals surface area (Å²) in [5.41, 5.74) is 1.49. The first-order chi connectivity index (χ1) is 14.9. The Morgan fingerprint density at radius 1 is 1.29 bits per heavy atom. The second-order valence-electron chi connectivity index (χ2n) is 8.10. The smallest absolute Gasteiger partial charge is 0.263 e. The first kappa shape index (κ1) is 22.0. The topological polar surface area (TPSA) is 55.2 Å². The Kier molecular flexibility index (Phi) is 6.48. The predicted molar refractivity (Wildman–Crippen MR) is 124 cm³/mol.